The summed E-state index contributed by atoms with van der Waals surface area (Å²) < 4.78 is 0. The lowest BCUT2D eigenvalue weighted by Crippen LogP contribution is -2.31. The first kappa shape index (κ1) is 13.6. The van der Waals surface area contributed by atoms with E-state index < -0.39 is 0 Å². The molecular formula is C12H22N2OS. The van der Waals surface area contributed by atoms with Crippen LogP contribution in [0.25, 0.3) is 0 Å². The molecule has 0 radical (unpaired) electrons. The minimum atomic E-state index is 0.174. The van der Waals surface area contributed by atoms with Gasteiger partial charge in [0.1, 0.15) is 0 Å². The lowest BCUT2D eigenvalue weighted by atomic mass is 10.2. The Balaban J connectivity index is 2.00. The van der Waals surface area contributed by atoms with E-state index in [2.05, 4.69) is 16.7 Å². The first-order valence-electron chi connectivity index (χ1n) is 6.03. The second-order valence-electron chi connectivity index (χ2n) is 3.97. The van der Waals surface area contributed by atoms with Gasteiger partial charge in [-0.05, 0) is 39.3 Å². The first-order valence-corrected chi connectivity index (χ1v) is 7.08. The second-order valence-corrected chi connectivity index (χ2v) is 5.26. The van der Waals surface area contributed by atoms with Crippen molar-refractivity contribution in [2.75, 3.05) is 25.4 Å². The molecule has 0 aromatic heterocycles. The van der Waals surface area contributed by atoms with Crippen molar-refractivity contribution >= 4 is 17.7 Å². The van der Waals surface area contributed by atoms with Crippen molar-refractivity contribution in [3.8, 4) is 0 Å². The standard InChI is InChI=1S/C12H22N2OS/c1-2-3-4-7-14-12(15)10-16-11-5-8-13-9-6-11/h2-3,11,13H,4-10H2,1H3,(H,14,15)/b3-2+. The third kappa shape index (κ3) is 6.18. The molecule has 4 heteroatoms. The number of amides is 1. The van der Waals surface area contributed by atoms with Gasteiger partial charge in [0.2, 0.25) is 5.91 Å². The average Bonchev–Trinajstić information content (AvgIpc) is 2.33. The number of rotatable bonds is 6. The minimum Gasteiger partial charge on any atom is -0.355 e. The van der Waals surface area contributed by atoms with Gasteiger partial charge in [-0.25, -0.2) is 0 Å². The molecule has 2 N–H and O–H groups in total. The summed E-state index contributed by atoms with van der Waals surface area (Å²) in [4.78, 5) is 11.5. The molecule has 1 amide bonds. The number of carbonyl (C=O) groups excluding carboxylic acids is 1. The fourth-order valence-corrected chi connectivity index (χ4v) is 2.73. The zero-order chi connectivity index (χ0) is 11.6. The highest BCUT2D eigenvalue weighted by Crippen LogP contribution is 2.19. The molecule has 0 aliphatic carbocycles. The second kappa shape index (κ2) is 8.65. The van der Waals surface area contributed by atoms with E-state index in [0.717, 1.165) is 26.1 Å². The highest BCUT2D eigenvalue weighted by Gasteiger charge is 2.14. The number of hydrogen-bond donors (Lipinski definition) is 2. The van der Waals surface area contributed by atoms with Gasteiger partial charge in [-0.15, -0.1) is 11.8 Å². The van der Waals surface area contributed by atoms with Crippen LogP contribution in [0.3, 0.4) is 0 Å². The van der Waals surface area contributed by atoms with E-state index in [1.807, 2.05) is 13.0 Å². The van der Waals surface area contributed by atoms with Crippen LogP contribution in [0.5, 0.6) is 0 Å². The van der Waals surface area contributed by atoms with E-state index in [9.17, 15) is 4.79 Å². The molecule has 0 aromatic carbocycles. The Kier molecular flexibility index (Phi) is 7.34. The fraction of sp³-hybridized carbons (Fsp3) is 0.750. The van der Waals surface area contributed by atoms with Crippen LogP contribution in [-0.2, 0) is 4.79 Å². The molecule has 0 bridgehead atoms. The Morgan fingerprint density at radius 2 is 2.25 bits per heavy atom. The molecule has 0 spiro atoms. The van der Waals surface area contributed by atoms with Crippen molar-refractivity contribution in [1.29, 1.82) is 0 Å². The lowest BCUT2D eigenvalue weighted by molar-refractivity contribution is -0.118. The predicted molar refractivity (Wildman–Crippen MR) is 70.8 cm³/mol. The fourth-order valence-electron chi connectivity index (χ4n) is 1.67. The molecule has 0 saturated carbocycles. The maximum absolute atomic E-state index is 11.5. The molecule has 16 heavy (non-hydrogen) atoms. The van der Waals surface area contributed by atoms with E-state index in [4.69, 9.17) is 0 Å². The summed E-state index contributed by atoms with van der Waals surface area (Å²) in [7, 11) is 0. The van der Waals surface area contributed by atoms with Gasteiger partial charge in [0.15, 0.2) is 0 Å². The minimum absolute atomic E-state index is 0.174. The molecule has 0 atom stereocenters. The molecule has 1 rings (SSSR count). The topological polar surface area (TPSA) is 41.1 Å². The number of nitrogens with one attached hydrogen (secondary N) is 2. The number of allylic oxidation sites excluding steroid dienone is 1. The van der Waals surface area contributed by atoms with Crippen molar-refractivity contribution < 1.29 is 4.79 Å². The van der Waals surface area contributed by atoms with Gasteiger partial charge in [0, 0.05) is 11.8 Å². The van der Waals surface area contributed by atoms with Gasteiger partial charge in [-0.3, -0.25) is 4.79 Å². The average molecular weight is 242 g/mol. The number of hydrogen-bond acceptors (Lipinski definition) is 3. The highest BCUT2D eigenvalue weighted by atomic mass is 32.2. The highest BCUT2D eigenvalue weighted by molar-refractivity contribution is 8.00. The molecule has 1 aliphatic rings. The zero-order valence-electron chi connectivity index (χ0n) is 10.00. The number of carbonyl (C=O) groups is 1. The van der Waals surface area contributed by atoms with Crippen LogP contribution in [0.1, 0.15) is 26.2 Å². The summed E-state index contributed by atoms with van der Waals surface area (Å²) in [5.74, 6) is 0.786. The summed E-state index contributed by atoms with van der Waals surface area (Å²) in [5.41, 5.74) is 0. The van der Waals surface area contributed by atoms with Gasteiger partial charge < -0.3 is 10.6 Å². The summed E-state index contributed by atoms with van der Waals surface area (Å²) >= 11 is 1.80. The van der Waals surface area contributed by atoms with E-state index in [1.165, 1.54) is 12.8 Å². The van der Waals surface area contributed by atoms with Gasteiger partial charge in [0.25, 0.3) is 0 Å². The summed E-state index contributed by atoms with van der Waals surface area (Å²) in [6, 6.07) is 0. The van der Waals surface area contributed by atoms with E-state index in [1.54, 1.807) is 11.8 Å². The molecule has 3 nitrogen and oxygen atoms in total. The maximum Gasteiger partial charge on any atom is 0.230 e. The van der Waals surface area contributed by atoms with Gasteiger partial charge in [-0.1, -0.05) is 12.2 Å². The molecule has 92 valence electrons. The third-order valence-corrected chi connectivity index (χ3v) is 3.98. The summed E-state index contributed by atoms with van der Waals surface area (Å²) in [6.45, 7) is 4.95. The summed E-state index contributed by atoms with van der Waals surface area (Å²) in [6.07, 6.45) is 7.39. The molecule has 0 unspecified atom stereocenters. The van der Waals surface area contributed by atoms with Gasteiger partial charge >= 0.3 is 0 Å². The molecule has 1 heterocycles. The zero-order valence-corrected chi connectivity index (χ0v) is 10.8. The van der Waals surface area contributed by atoms with E-state index in [0.29, 0.717) is 11.0 Å². The van der Waals surface area contributed by atoms with Crippen LogP contribution >= 0.6 is 11.8 Å². The van der Waals surface area contributed by atoms with Crippen molar-refractivity contribution in [2.24, 2.45) is 0 Å². The number of thioether (sulfide) groups is 1. The lowest BCUT2D eigenvalue weighted by Gasteiger charge is -2.21. The molecule has 1 aliphatic heterocycles. The van der Waals surface area contributed by atoms with Crippen molar-refractivity contribution in [1.82, 2.24) is 10.6 Å². The van der Waals surface area contributed by atoms with Crippen molar-refractivity contribution in [3.63, 3.8) is 0 Å². The largest absolute Gasteiger partial charge is 0.355 e. The normalized spacial score (nSPS) is 17.8. The smallest absolute Gasteiger partial charge is 0.230 e. The quantitative estimate of drug-likeness (QED) is 0.548. The third-order valence-electron chi connectivity index (χ3n) is 2.61. The summed E-state index contributed by atoms with van der Waals surface area (Å²) in [5, 5.41) is 6.93. The van der Waals surface area contributed by atoms with Crippen LogP contribution in [0, 0.1) is 0 Å². The molecule has 1 saturated heterocycles. The Morgan fingerprint density at radius 3 is 2.94 bits per heavy atom. The van der Waals surface area contributed by atoms with E-state index >= 15 is 0 Å². The Morgan fingerprint density at radius 1 is 1.50 bits per heavy atom. The van der Waals surface area contributed by atoms with Crippen molar-refractivity contribution in [2.45, 2.75) is 31.4 Å². The number of piperidine rings is 1. The van der Waals surface area contributed by atoms with Crippen LogP contribution < -0.4 is 10.6 Å². The molecule has 1 fully saturated rings. The predicted octanol–water partition coefficient (Wildman–Crippen LogP) is 1.55. The van der Waals surface area contributed by atoms with Crippen LogP contribution in [0.2, 0.25) is 0 Å². The molecule has 0 aromatic rings. The van der Waals surface area contributed by atoms with Gasteiger partial charge in [0.05, 0.1) is 5.75 Å². The first-order chi connectivity index (χ1) is 7.83. The van der Waals surface area contributed by atoms with Crippen LogP contribution in [0.15, 0.2) is 12.2 Å². The maximum atomic E-state index is 11.5. The van der Waals surface area contributed by atoms with Crippen molar-refractivity contribution in [3.05, 3.63) is 12.2 Å². The van der Waals surface area contributed by atoms with Crippen LogP contribution in [-0.4, -0.2) is 36.5 Å². The Labute approximate surface area is 102 Å². The monoisotopic (exact) mass is 242 g/mol. The van der Waals surface area contributed by atoms with E-state index in [-0.39, 0.29) is 5.91 Å². The van der Waals surface area contributed by atoms with Gasteiger partial charge in [-0.2, -0.15) is 0 Å². The Bertz CT molecular complexity index is 225. The molecular weight excluding hydrogens is 220 g/mol. The van der Waals surface area contributed by atoms with Crippen LogP contribution in [0.4, 0.5) is 0 Å². The Hall–Kier alpha value is -0.480. The SMILES string of the molecule is C/C=C/CCNC(=O)CSC1CCNCC1.